The lowest BCUT2D eigenvalue weighted by Gasteiger charge is -2.37. The van der Waals surface area contributed by atoms with Gasteiger partial charge in [0.1, 0.15) is 0 Å². The summed E-state index contributed by atoms with van der Waals surface area (Å²) in [6.45, 7) is 10.2. The highest BCUT2D eigenvalue weighted by molar-refractivity contribution is 5.21. The zero-order chi connectivity index (χ0) is 14.0. The Labute approximate surface area is 117 Å². The third kappa shape index (κ3) is 3.19. The van der Waals surface area contributed by atoms with Crippen LogP contribution in [-0.4, -0.2) is 16.3 Å². The van der Waals surface area contributed by atoms with Crippen LogP contribution >= 0.6 is 0 Å². The second kappa shape index (κ2) is 6.08. The average Bonchev–Trinajstić information content (AvgIpc) is 2.69. The first-order valence-corrected chi connectivity index (χ1v) is 7.76. The number of hydrogen-bond acceptors (Lipinski definition) is 2. The van der Waals surface area contributed by atoms with Crippen LogP contribution in [-0.2, 0) is 7.05 Å². The van der Waals surface area contributed by atoms with E-state index >= 15 is 0 Å². The molecule has 1 saturated carbocycles. The van der Waals surface area contributed by atoms with Gasteiger partial charge in [-0.15, -0.1) is 0 Å². The Hall–Kier alpha value is -0.830. The standard InChI is InChI=1S/C16H29N3/c1-6-17-16(15-10-19(5)18-13(15)4)14-8-7-11(2)12(3)9-14/h10-12,14,16-17H,6-9H2,1-5H3. The molecule has 0 amide bonds. The topological polar surface area (TPSA) is 29.9 Å². The fraction of sp³-hybridized carbons (Fsp3) is 0.812. The zero-order valence-electron chi connectivity index (χ0n) is 13.1. The fourth-order valence-corrected chi connectivity index (χ4v) is 3.57. The van der Waals surface area contributed by atoms with E-state index in [1.165, 1.54) is 30.5 Å². The lowest BCUT2D eigenvalue weighted by Crippen LogP contribution is -2.33. The molecule has 1 aromatic rings. The van der Waals surface area contributed by atoms with Crippen molar-refractivity contribution in [2.75, 3.05) is 6.54 Å². The van der Waals surface area contributed by atoms with E-state index in [1.807, 2.05) is 11.7 Å². The van der Waals surface area contributed by atoms with Gasteiger partial charge in [-0.1, -0.05) is 27.2 Å². The molecule has 1 aromatic heterocycles. The van der Waals surface area contributed by atoms with Gasteiger partial charge in [0.15, 0.2) is 0 Å². The van der Waals surface area contributed by atoms with E-state index < -0.39 is 0 Å². The summed E-state index contributed by atoms with van der Waals surface area (Å²) in [7, 11) is 2.02. The minimum Gasteiger partial charge on any atom is -0.310 e. The molecule has 1 fully saturated rings. The first-order valence-electron chi connectivity index (χ1n) is 7.76. The van der Waals surface area contributed by atoms with E-state index in [-0.39, 0.29) is 0 Å². The van der Waals surface area contributed by atoms with E-state index in [0.717, 1.165) is 24.3 Å². The fourth-order valence-electron chi connectivity index (χ4n) is 3.57. The molecule has 0 bridgehead atoms. The van der Waals surface area contributed by atoms with E-state index in [9.17, 15) is 0 Å². The molecular weight excluding hydrogens is 234 g/mol. The Morgan fingerprint density at radius 3 is 2.63 bits per heavy atom. The molecule has 4 atom stereocenters. The normalized spacial score (nSPS) is 29.4. The molecule has 0 spiro atoms. The maximum Gasteiger partial charge on any atom is 0.0641 e. The van der Waals surface area contributed by atoms with Gasteiger partial charge in [0.05, 0.1) is 5.69 Å². The molecule has 0 aliphatic heterocycles. The quantitative estimate of drug-likeness (QED) is 0.901. The highest BCUT2D eigenvalue weighted by Gasteiger charge is 2.31. The van der Waals surface area contributed by atoms with Gasteiger partial charge >= 0.3 is 0 Å². The van der Waals surface area contributed by atoms with E-state index in [2.05, 4.69) is 44.3 Å². The first-order chi connectivity index (χ1) is 9.02. The second-order valence-electron chi connectivity index (χ2n) is 6.41. The Bertz CT molecular complexity index is 410. The number of aromatic nitrogens is 2. The molecule has 1 aliphatic carbocycles. The lowest BCUT2D eigenvalue weighted by molar-refractivity contribution is 0.171. The Balaban J connectivity index is 2.18. The first kappa shape index (κ1) is 14.6. The van der Waals surface area contributed by atoms with Crippen LogP contribution in [0.5, 0.6) is 0 Å². The van der Waals surface area contributed by atoms with Crippen molar-refractivity contribution in [3.8, 4) is 0 Å². The summed E-state index contributed by atoms with van der Waals surface area (Å²) in [6, 6.07) is 0.480. The van der Waals surface area contributed by atoms with Crippen molar-refractivity contribution in [1.82, 2.24) is 15.1 Å². The number of rotatable bonds is 4. The maximum absolute atomic E-state index is 4.52. The predicted molar refractivity (Wildman–Crippen MR) is 80.0 cm³/mol. The lowest BCUT2D eigenvalue weighted by atomic mass is 9.72. The molecular formula is C16H29N3. The molecule has 4 unspecified atom stereocenters. The molecule has 1 heterocycles. The zero-order valence-corrected chi connectivity index (χ0v) is 13.1. The number of hydrogen-bond donors (Lipinski definition) is 1. The predicted octanol–water partition coefficient (Wildman–Crippen LogP) is 3.45. The molecule has 0 radical (unpaired) electrons. The van der Waals surface area contributed by atoms with Crippen LogP contribution < -0.4 is 5.32 Å². The molecule has 19 heavy (non-hydrogen) atoms. The van der Waals surface area contributed by atoms with Gasteiger partial charge in [-0.25, -0.2) is 0 Å². The number of aryl methyl sites for hydroxylation is 2. The van der Waals surface area contributed by atoms with Gasteiger partial charge in [-0.2, -0.15) is 5.10 Å². The van der Waals surface area contributed by atoms with Crippen molar-refractivity contribution >= 4 is 0 Å². The smallest absolute Gasteiger partial charge is 0.0641 e. The van der Waals surface area contributed by atoms with Crippen molar-refractivity contribution in [2.45, 2.75) is 53.0 Å². The Morgan fingerprint density at radius 2 is 2.11 bits per heavy atom. The van der Waals surface area contributed by atoms with Gasteiger partial charge in [-0.3, -0.25) is 4.68 Å². The molecule has 3 nitrogen and oxygen atoms in total. The van der Waals surface area contributed by atoms with Crippen LogP contribution in [0.4, 0.5) is 0 Å². The average molecular weight is 263 g/mol. The summed E-state index contributed by atoms with van der Waals surface area (Å²) >= 11 is 0. The third-order valence-corrected chi connectivity index (χ3v) is 4.92. The van der Waals surface area contributed by atoms with Crippen LogP contribution in [0.25, 0.3) is 0 Å². The van der Waals surface area contributed by atoms with Gasteiger partial charge in [0.2, 0.25) is 0 Å². The summed E-state index contributed by atoms with van der Waals surface area (Å²) in [5.41, 5.74) is 2.58. The molecule has 0 saturated heterocycles. The van der Waals surface area contributed by atoms with Crippen molar-refractivity contribution in [3.63, 3.8) is 0 Å². The number of nitrogens with zero attached hydrogens (tertiary/aromatic N) is 2. The van der Waals surface area contributed by atoms with E-state index in [4.69, 9.17) is 0 Å². The van der Waals surface area contributed by atoms with Crippen LogP contribution in [0.15, 0.2) is 6.20 Å². The van der Waals surface area contributed by atoms with Crippen LogP contribution in [0.2, 0.25) is 0 Å². The highest BCUT2D eigenvalue weighted by Crippen LogP contribution is 2.40. The summed E-state index contributed by atoms with van der Waals surface area (Å²) < 4.78 is 1.95. The second-order valence-corrected chi connectivity index (χ2v) is 6.41. The van der Waals surface area contributed by atoms with Crippen LogP contribution in [0.1, 0.15) is 57.3 Å². The monoisotopic (exact) mass is 263 g/mol. The SMILES string of the molecule is CCNC(c1cn(C)nc1C)C1CCC(C)C(C)C1. The van der Waals surface area contributed by atoms with Crippen LogP contribution in [0.3, 0.4) is 0 Å². The minimum atomic E-state index is 0.480. The van der Waals surface area contributed by atoms with E-state index in [1.54, 1.807) is 0 Å². The molecule has 0 aromatic carbocycles. The summed E-state index contributed by atoms with van der Waals surface area (Å²) in [4.78, 5) is 0. The minimum absolute atomic E-state index is 0.480. The molecule has 2 rings (SSSR count). The highest BCUT2D eigenvalue weighted by atomic mass is 15.3. The van der Waals surface area contributed by atoms with E-state index in [0.29, 0.717) is 6.04 Å². The van der Waals surface area contributed by atoms with Gasteiger partial charge in [-0.05, 0) is 44.1 Å². The largest absolute Gasteiger partial charge is 0.310 e. The van der Waals surface area contributed by atoms with Crippen molar-refractivity contribution in [2.24, 2.45) is 24.8 Å². The molecule has 1 aliphatic rings. The molecule has 108 valence electrons. The summed E-state index contributed by atoms with van der Waals surface area (Å²) in [5.74, 6) is 2.49. The Morgan fingerprint density at radius 1 is 1.37 bits per heavy atom. The summed E-state index contributed by atoms with van der Waals surface area (Å²) in [5, 5.41) is 8.22. The van der Waals surface area contributed by atoms with Gasteiger partial charge < -0.3 is 5.32 Å². The van der Waals surface area contributed by atoms with Crippen molar-refractivity contribution < 1.29 is 0 Å². The van der Waals surface area contributed by atoms with Gasteiger partial charge in [0.25, 0.3) is 0 Å². The number of nitrogens with one attached hydrogen (secondary N) is 1. The van der Waals surface area contributed by atoms with Crippen molar-refractivity contribution in [1.29, 1.82) is 0 Å². The van der Waals surface area contributed by atoms with Crippen molar-refractivity contribution in [3.05, 3.63) is 17.5 Å². The summed E-state index contributed by atoms with van der Waals surface area (Å²) in [6.07, 6.45) is 6.25. The third-order valence-electron chi connectivity index (χ3n) is 4.92. The molecule has 3 heteroatoms. The van der Waals surface area contributed by atoms with Crippen LogP contribution in [0, 0.1) is 24.7 Å². The Kier molecular flexibility index (Phi) is 4.67. The van der Waals surface area contributed by atoms with Gasteiger partial charge in [0, 0.05) is 24.8 Å². The molecule has 1 N–H and O–H groups in total. The maximum atomic E-state index is 4.52.